The fourth-order valence-electron chi connectivity index (χ4n) is 5.38. The number of para-hydroxylation sites is 2. The smallest absolute Gasteiger partial charge is 0.255 e. The van der Waals surface area contributed by atoms with E-state index in [0.717, 1.165) is 0 Å². The third-order valence-electron chi connectivity index (χ3n) is 7.59. The summed E-state index contributed by atoms with van der Waals surface area (Å²) in [6.45, 7) is -0.466. The van der Waals surface area contributed by atoms with Gasteiger partial charge in [0, 0.05) is 10.8 Å². The number of aliphatic hydroxyl groups excluding tert-OH is 2. The zero-order valence-electron chi connectivity index (χ0n) is 22.7. The van der Waals surface area contributed by atoms with Crippen LogP contribution in [0.3, 0.4) is 0 Å². The second-order valence-corrected chi connectivity index (χ2v) is 10.1. The van der Waals surface area contributed by atoms with Crippen LogP contribution in [0.2, 0.25) is 0 Å². The number of nitrogens with one attached hydrogen (secondary N) is 2. The molecule has 2 amide bonds. The van der Waals surface area contributed by atoms with Gasteiger partial charge >= 0.3 is 0 Å². The Bertz CT molecular complexity index is 1750. The first-order chi connectivity index (χ1) is 21.0. The summed E-state index contributed by atoms with van der Waals surface area (Å²) in [4.78, 5) is 27.0. The molecule has 0 radical (unpaired) electrons. The number of aliphatic hydroxyl groups is 2. The average molecular weight is 583 g/mol. The highest BCUT2D eigenvalue weighted by atomic mass is 16.7. The number of ether oxygens (including phenoxy) is 4. The Morgan fingerprint density at radius 2 is 1.07 bits per heavy atom. The van der Waals surface area contributed by atoms with Crippen LogP contribution >= 0.6 is 0 Å². The maximum Gasteiger partial charge on any atom is 0.255 e. The van der Waals surface area contributed by atoms with Crippen molar-refractivity contribution in [3.05, 3.63) is 95.1 Å². The summed E-state index contributed by atoms with van der Waals surface area (Å²) in [6, 6.07) is 19.3. The zero-order valence-corrected chi connectivity index (χ0v) is 22.7. The lowest BCUT2D eigenvalue weighted by molar-refractivity contribution is 0.0911. The van der Waals surface area contributed by atoms with Gasteiger partial charge in [0.15, 0.2) is 23.0 Å². The minimum Gasteiger partial charge on any atom is -0.454 e. The quantitative estimate of drug-likeness (QED) is 0.213. The van der Waals surface area contributed by atoms with Gasteiger partial charge in [-0.2, -0.15) is 0 Å². The van der Waals surface area contributed by atoms with Gasteiger partial charge in [0.05, 0.1) is 36.4 Å². The van der Waals surface area contributed by atoms with Crippen molar-refractivity contribution in [2.75, 3.05) is 26.8 Å². The van der Waals surface area contributed by atoms with Gasteiger partial charge in [0.1, 0.15) is 11.2 Å². The molecule has 5 aromatic rings. The second kappa shape index (κ2) is 10.9. The lowest BCUT2D eigenvalue weighted by Gasteiger charge is -2.17. The minimum atomic E-state index is -0.713. The van der Waals surface area contributed by atoms with Crippen LogP contribution in [0.1, 0.15) is 43.9 Å². The Morgan fingerprint density at radius 1 is 0.628 bits per heavy atom. The Hall–Kier alpha value is -5.26. The third-order valence-corrected chi connectivity index (χ3v) is 7.59. The van der Waals surface area contributed by atoms with Crippen molar-refractivity contribution in [1.82, 2.24) is 10.6 Å². The lowest BCUT2D eigenvalue weighted by Crippen LogP contribution is -2.31. The van der Waals surface area contributed by atoms with E-state index in [0.29, 0.717) is 56.1 Å². The van der Waals surface area contributed by atoms with Gasteiger partial charge in [-0.3, -0.25) is 9.59 Å². The summed E-state index contributed by atoms with van der Waals surface area (Å²) in [5, 5.41) is 27.2. The highest BCUT2D eigenvalue weighted by Crippen LogP contribution is 2.37. The van der Waals surface area contributed by atoms with Crippen molar-refractivity contribution in [3.8, 4) is 23.0 Å². The molecule has 11 nitrogen and oxygen atoms in total. The molecule has 3 heterocycles. The standard InChI is InChI=1S/C32H26N2O9/c35-13-23(17-7-9-25-27(11-17)41-15-39-25)33-31(37)21-5-1-3-19-20-4-2-6-22(30(20)43-29(19)21)32(38)34-24(14-36)18-8-10-26-28(12-18)42-16-40-26/h1-12,23-24,35-36H,13-16H2,(H,33,37)(H,34,38)/t23-,24-/m0/s1. The first kappa shape index (κ1) is 26.6. The summed E-state index contributed by atoms with van der Waals surface area (Å²) in [6.07, 6.45) is 0. The highest BCUT2D eigenvalue weighted by Gasteiger charge is 2.25. The first-order valence-corrected chi connectivity index (χ1v) is 13.6. The molecule has 0 bridgehead atoms. The SMILES string of the molecule is O=C(N[C@@H](CO)c1ccc2c(c1)OCO2)c1cccc2c1oc1c(C(=O)N[C@@H](CO)c3ccc4c(c3)OCO4)cccc12. The molecule has 4 N–H and O–H groups in total. The zero-order chi connectivity index (χ0) is 29.5. The van der Waals surface area contributed by atoms with Crippen LogP contribution < -0.4 is 29.6 Å². The first-order valence-electron chi connectivity index (χ1n) is 13.6. The third kappa shape index (κ3) is 4.74. The number of hydrogen-bond acceptors (Lipinski definition) is 9. The number of hydrogen-bond donors (Lipinski definition) is 4. The van der Waals surface area contributed by atoms with Gasteiger partial charge in [-0.05, 0) is 47.5 Å². The molecule has 0 fully saturated rings. The van der Waals surface area contributed by atoms with Crippen molar-refractivity contribution >= 4 is 33.8 Å². The van der Waals surface area contributed by atoms with E-state index in [9.17, 15) is 19.8 Å². The summed E-state index contributed by atoms with van der Waals surface area (Å²) >= 11 is 0. The number of carbonyl (C=O) groups excluding carboxylic acids is 2. The molecule has 0 aliphatic carbocycles. The number of carbonyl (C=O) groups is 2. The molecule has 2 aliphatic heterocycles. The number of fused-ring (bicyclic) bond motifs is 5. The molecular weight excluding hydrogens is 556 g/mol. The molecule has 11 heteroatoms. The van der Waals surface area contributed by atoms with Gasteiger partial charge in [-0.25, -0.2) is 0 Å². The van der Waals surface area contributed by atoms with E-state index < -0.39 is 23.9 Å². The predicted octanol–water partition coefficient (Wildman–Crippen LogP) is 3.97. The maximum absolute atomic E-state index is 13.5. The molecule has 4 aromatic carbocycles. The molecule has 0 saturated carbocycles. The van der Waals surface area contributed by atoms with E-state index in [4.69, 9.17) is 23.4 Å². The van der Waals surface area contributed by atoms with Crippen molar-refractivity contribution in [3.63, 3.8) is 0 Å². The van der Waals surface area contributed by atoms with Crippen LogP contribution in [-0.2, 0) is 0 Å². The normalized spacial score (nSPS) is 14.6. The fourth-order valence-corrected chi connectivity index (χ4v) is 5.38. The molecule has 43 heavy (non-hydrogen) atoms. The van der Waals surface area contributed by atoms with E-state index in [1.807, 2.05) is 12.1 Å². The molecule has 218 valence electrons. The summed E-state index contributed by atoms with van der Waals surface area (Å²) < 4.78 is 27.8. The van der Waals surface area contributed by atoms with Crippen LogP contribution in [0, 0.1) is 0 Å². The molecule has 2 atom stereocenters. The number of amides is 2. The Balaban J connectivity index is 1.18. The molecule has 0 spiro atoms. The summed E-state index contributed by atoms with van der Waals surface area (Å²) in [5.74, 6) is 1.35. The van der Waals surface area contributed by atoms with Crippen LogP contribution in [0.5, 0.6) is 23.0 Å². The van der Waals surface area contributed by atoms with Crippen molar-refractivity contribution < 1.29 is 43.2 Å². The molecule has 0 unspecified atom stereocenters. The fraction of sp³-hybridized carbons (Fsp3) is 0.188. The maximum atomic E-state index is 13.5. The number of rotatable bonds is 8. The molecule has 2 aliphatic rings. The van der Waals surface area contributed by atoms with Crippen LogP contribution in [-0.4, -0.2) is 48.8 Å². The second-order valence-electron chi connectivity index (χ2n) is 10.1. The highest BCUT2D eigenvalue weighted by molar-refractivity contribution is 6.17. The van der Waals surface area contributed by atoms with Crippen LogP contribution in [0.4, 0.5) is 0 Å². The van der Waals surface area contributed by atoms with Gasteiger partial charge < -0.3 is 44.2 Å². The number of furan rings is 1. The van der Waals surface area contributed by atoms with Gasteiger partial charge in [0.2, 0.25) is 13.6 Å². The van der Waals surface area contributed by atoms with E-state index in [-0.39, 0.29) is 37.9 Å². The van der Waals surface area contributed by atoms with Crippen LogP contribution in [0.25, 0.3) is 21.9 Å². The predicted molar refractivity (Wildman–Crippen MR) is 153 cm³/mol. The largest absolute Gasteiger partial charge is 0.454 e. The Labute approximate surface area is 244 Å². The van der Waals surface area contributed by atoms with E-state index in [1.54, 1.807) is 60.7 Å². The molecule has 1 aromatic heterocycles. The van der Waals surface area contributed by atoms with Crippen molar-refractivity contribution in [2.24, 2.45) is 0 Å². The Morgan fingerprint density at radius 3 is 1.51 bits per heavy atom. The molecule has 7 rings (SSSR count). The van der Waals surface area contributed by atoms with Gasteiger partial charge in [0.25, 0.3) is 11.8 Å². The molecule has 0 saturated heterocycles. The van der Waals surface area contributed by atoms with E-state index in [2.05, 4.69) is 10.6 Å². The van der Waals surface area contributed by atoms with Crippen molar-refractivity contribution in [2.45, 2.75) is 12.1 Å². The monoisotopic (exact) mass is 582 g/mol. The average Bonchev–Trinajstić information content (AvgIpc) is 3.79. The van der Waals surface area contributed by atoms with Crippen LogP contribution in [0.15, 0.2) is 77.2 Å². The number of benzene rings is 4. The van der Waals surface area contributed by atoms with E-state index >= 15 is 0 Å². The van der Waals surface area contributed by atoms with Gasteiger partial charge in [-0.1, -0.05) is 36.4 Å². The Kier molecular flexibility index (Phi) is 6.72. The summed E-state index contributed by atoms with van der Waals surface area (Å²) in [7, 11) is 0. The summed E-state index contributed by atoms with van der Waals surface area (Å²) in [5.41, 5.74) is 2.38. The molecular formula is C32H26N2O9. The topological polar surface area (TPSA) is 149 Å². The van der Waals surface area contributed by atoms with E-state index in [1.165, 1.54) is 0 Å². The minimum absolute atomic E-state index is 0.113. The van der Waals surface area contributed by atoms with Gasteiger partial charge in [-0.15, -0.1) is 0 Å². The van der Waals surface area contributed by atoms with Crippen molar-refractivity contribution in [1.29, 1.82) is 0 Å². The lowest BCUT2D eigenvalue weighted by atomic mass is 10.0.